The van der Waals surface area contributed by atoms with E-state index in [0.717, 1.165) is 26.3 Å². The van der Waals surface area contributed by atoms with Crippen molar-refractivity contribution in [2.24, 2.45) is 0 Å². The molecular formula is C20H23ClN2O3. The van der Waals surface area contributed by atoms with Crippen molar-refractivity contribution < 1.29 is 14.3 Å². The van der Waals surface area contributed by atoms with Gasteiger partial charge in [0.1, 0.15) is 5.75 Å². The van der Waals surface area contributed by atoms with E-state index in [0.29, 0.717) is 17.3 Å². The first-order chi connectivity index (χ1) is 12.7. The molecule has 0 saturated carbocycles. The van der Waals surface area contributed by atoms with Crippen molar-refractivity contribution in [1.29, 1.82) is 0 Å². The molecule has 2 aromatic carbocycles. The lowest BCUT2D eigenvalue weighted by Crippen LogP contribution is -2.44. The van der Waals surface area contributed by atoms with Gasteiger partial charge in [0, 0.05) is 24.7 Å². The van der Waals surface area contributed by atoms with Crippen LogP contribution in [0.5, 0.6) is 5.75 Å². The maximum atomic E-state index is 12.2. The third-order valence-corrected chi connectivity index (χ3v) is 4.60. The first kappa shape index (κ1) is 18.7. The SMILES string of the molecule is O=C(COc1ccc(Cl)cc1)NC[C@@H](c1ccccc1)N1CCOCC1. The molecule has 1 aliphatic rings. The second-order valence-corrected chi connectivity index (χ2v) is 6.56. The van der Waals surface area contributed by atoms with E-state index in [9.17, 15) is 4.79 Å². The monoisotopic (exact) mass is 374 g/mol. The van der Waals surface area contributed by atoms with Crippen molar-refractivity contribution in [3.8, 4) is 5.75 Å². The van der Waals surface area contributed by atoms with Crippen LogP contribution in [0.1, 0.15) is 11.6 Å². The summed E-state index contributed by atoms with van der Waals surface area (Å²) in [7, 11) is 0. The molecule has 138 valence electrons. The molecule has 0 unspecified atom stereocenters. The molecule has 1 aliphatic heterocycles. The minimum absolute atomic E-state index is 0.0216. The molecule has 1 atom stereocenters. The molecule has 2 aromatic rings. The highest BCUT2D eigenvalue weighted by Crippen LogP contribution is 2.21. The normalized spacial score (nSPS) is 16.0. The van der Waals surface area contributed by atoms with Gasteiger partial charge in [0.25, 0.3) is 5.91 Å². The molecule has 0 radical (unpaired) electrons. The van der Waals surface area contributed by atoms with Crippen LogP contribution in [0.2, 0.25) is 5.02 Å². The van der Waals surface area contributed by atoms with Crippen LogP contribution in [0.25, 0.3) is 0 Å². The Hall–Kier alpha value is -2.08. The van der Waals surface area contributed by atoms with Gasteiger partial charge in [-0.3, -0.25) is 9.69 Å². The Morgan fingerprint density at radius 2 is 1.81 bits per heavy atom. The molecule has 26 heavy (non-hydrogen) atoms. The first-order valence-electron chi connectivity index (χ1n) is 8.74. The van der Waals surface area contributed by atoms with Gasteiger partial charge in [-0.05, 0) is 29.8 Å². The number of halogens is 1. The molecule has 1 saturated heterocycles. The van der Waals surface area contributed by atoms with Crippen molar-refractivity contribution in [2.75, 3.05) is 39.5 Å². The number of nitrogens with zero attached hydrogens (tertiary/aromatic N) is 1. The molecule has 1 heterocycles. The van der Waals surface area contributed by atoms with Crippen LogP contribution in [0.15, 0.2) is 54.6 Å². The van der Waals surface area contributed by atoms with Crippen LogP contribution in [-0.2, 0) is 9.53 Å². The summed E-state index contributed by atoms with van der Waals surface area (Å²) >= 11 is 5.84. The standard InChI is InChI=1S/C20H23ClN2O3/c21-17-6-8-18(9-7-17)26-15-20(24)22-14-19(16-4-2-1-3-5-16)23-10-12-25-13-11-23/h1-9,19H,10-15H2,(H,22,24)/t19-/m0/s1. The van der Waals surface area contributed by atoms with E-state index < -0.39 is 0 Å². The van der Waals surface area contributed by atoms with Gasteiger partial charge in [0.2, 0.25) is 0 Å². The number of rotatable bonds is 7. The maximum absolute atomic E-state index is 12.2. The Morgan fingerprint density at radius 1 is 1.12 bits per heavy atom. The van der Waals surface area contributed by atoms with Gasteiger partial charge in [-0.25, -0.2) is 0 Å². The molecule has 0 bridgehead atoms. The lowest BCUT2D eigenvalue weighted by atomic mass is 10.0. The van der Waals surface area contributed by atoms with E-state index in [1.165, 1.54) is 5.56 Å². The molecule has 1 amide bonds. The van der Waals surface area contributed by atoms with E-state index >= 15 is 0 Å². The number of hydrogen-bond donors (Lipinski definition) is 1. The van der Waals surface area contributed by atoms with Gasteiger partial charge >= 0.3 is 0 Å². The van der Waals surface area contributed by atoms with Crippen molar-refractivity contribution in [1.82, 2.24) is 10.2 Å². The fraction of sp³-hybridized carbons (Fsp3) is 0.350. The van der Waals surface area contributed by atoms with Gasteiger partial charge in [-0.1, -0.05) is 41.9 Å². The second kappa shape index (κ2) is 9.57. The van der Waals surface area contributed by atoms with Crippen LogP contribution >= 0.6 is 11.6 Å². The number of benzene rings is 2. The number of hydrogen-bond acceptors (Lipinski definition) is 4. The number of carbonyl (C=O) groups excluding carboxylic acids is 1. The lowest BCUT2D eigenvalue weighted by molar-refractivity contribution is -0.123. The summed E-state index contributed by atoms with van der Waals surface area (Å²) in [6.07, 6.45) is 0. The zero-order valence-electron chi connectivity index (χ0n) is 14.6. The molecular weight excluding hydrogens is 352 g/mol. The highest BCUT2D eigenvalue weighted by molar-refractivity contribution is 6.30. The topological polar surface area (TPSA) is 50.8 Å². The quantitative estimate of drug-likeness (QED) is 0.809. The summed E-state index contributed by atoms with van der Waals surface area (Å²) in [5.74, 6) is 0.478. The summed E-state index contributed by atoms with van der Waals surface area (Å²) in [4.78, 5) is 14.5. The van der Waals surface area contributed by atoms with Crippen LogP contribution < -0.4 is 10.1 Å². The van der Waals surface area contributed by atoms with E-state index in [1.54, 1.807) is 24.3 Å². The number of ether oxygens (including phenoxy) is 2. The van der Waals surface area contributed by atoms with E-state index in [1.807, 2.05) is 18.2 Å². The predicted molar refractivity (Wildman–Crippen MR) is 102 cm³/mol. The van der Waals surface area contributed by atoms with Crippen LogP contribution in [0.4, 0.5) is 0 Å². The second-order valence-electron chi connectivity index (χ2n) is 6.12. The molecule has 3 rings (SSSR count). The fourth-order valence-electron chi connectivity index (χ4n) is 2.96. The Balaban J connectivity index is 1.54. The summed E-state index contributed by atoms with van der Waals surface area (Å²) in [6.45, 7) is 3.67. The molecule has 1 N–H and O–H groups in total. The van der Waals surface area contributed by atoms with Crippen LogP contribution in [0, 0.1) is 0 Å². The number of carbonyl (C=O) groups is 1. The third kappa shape index (κ3) is 5.46. The van der Waals surface area contributed by atoms with Gasteiger partial charge in [0.15, 0.2) is 6.61 Å². The van der Waals surface area contributed by atoms with Crippen molar-refractivity contribution in [3.63, 3.8) is 0 Å². The fourth-order valence-corrected chi connectivity index (χ4v) is 3.09. The average Bonchev–Trinajstić information content (AvgIpc) is 2.69. The first-order valence-corrected chi connectivity index (χ1v) is 9.12. The van der Waals surface area contributed by atoms with Gasteiger partial charge in [-0.15, -0.1) is 0 Å². The summed E-state index contributed by atoms with van der Waals surface area (Å²) in [5, 5.41) is 3.62. The summed E-state index contributed by atoms with van der Waals surface area (Å²) < 4.78 is 11.0. The highest BCUT2D eigenvalue weighted by atomic mass is 35.5. The average molecular weight is 375 g/mol. The highest BCUT2D eigenvalue weighted by Gasteiger charge is 2.23. The summed E-state index contributed by atoms with van der Waals surface area (Å²) in [6, 6.07) is 17.3. The van der Waals surface area contributed by atoms with Crippen LogP contribution in [0.3, 0.4) is 0 Å². The third-order valence-electron chi connectivity index (χ3n) is 4.35. The van der Waals surface area contributed by atoms with Crippen molar-refractivity contribution in [2.45, 2.75) is 6.04 Å². The van der Waals surface area contributed by atoms with E-state index in [-0.39, 0.29) is 18.6 Å². The number of nitrogens with one attached hydrogen (secondary N) is 1. The van der Waals surface area contributed by atoms with Gasteiger partial charge < -0.3 is 14.8 Å². The van der Waals surface area contributed by atoms with E-state index in [4.69, 9.17) is 21.1 Å². The number of amides is 1. The van der Waals surface area contributed by atoms with Gasteiger partial charge in [-0.2, -0.15) is 0 Å². The molecule has 6 heteroatoms. The number of morpholine rings is 1. The van der Waals surface area contributed by atoms with Crippen LogP contribution in [-0.4, -0.2) is 50.3 Å². The zero-order chi connectivity index (χ0) is 18.2. The van der Waals surface area contributed by atoms with Crippen molar-refractivity contribution >= 4 is 17.5 Å². The minimum atomic E-state index is -0.144. The summed E-state index contributed by atoms with van der Waals surface area (Å²) in [5.41, 5.74) is 1.19. The zero-order valence-corrected chi connectivity index (χ0v) is 15.3. The Bertz CT molecular complexity index is 688. The minimum Gasteiger partial charge on any atom is -0.484 e. The molecule has 0 spiro atoms. The van der Waals surface area contributed by atoms with Gasteiger partial charge in [0.05, 0.1) is 19.3 Å². The molecule has 0 aromatic heterocycles. The van der Waals surface area contributed by atoms with Crippen molar-refractivity contribution in [3.05, 3.63) is 65.2 Å². The lowest BCUT2D eigenvalue weighted by Gasteiger charge is -2.34. The Kier molecular flexibility index (Phi) is 6.89. The Morgan fingerprint density at radius 3 is 2.50 bits per heavy atom. The largest absolute Gasteiger partial charge is 0.484 e. The van der Waals surface area contributed by atoms with E-state index in [2.05, 4.69) is 22.3 Å². The molecule has 0 aliphatic carbocycles. The smallest absolute Gasteiger partial charge is 0.258 e. The maximum Gasteiger partial charge on any atom is 0.258 e. The molecule has 1 fully saturated rings. The molecule has 5 nitrogen and oxygen atoms in total. The predicted octanol–water partition coefficient (Wildman–Crippen LogP) is 2.91. The Labute approximate surface area is 158 Å².